The van der Waals surface area contributed by atoms with Gasteiger partial charge < -0.3 is 15.4 Å². The Morgan fingerprint density at radius 3 is 2.47 bits per heavy atom. The van der Waals surface area contributed by atoms with Gasteiger partial charge in [-0.1, -0.05) is 12.1 Å². The van der Waals surface area contributed by atoms with Crippen LogP contribution in [0.15, 0.2) is 24.3 Å². The maximum atomic E-state index is 12.2. The van der Waals surface area contributed by atoms with Crippen LogP contribution in [0.2, 0.25) is 0 Å². The van der Waals surface area contributed by atoms with Crippen LogP contribution in [-0.4, -0.2) is 37.0 Å². The molecule has 1 aliphatic heterocycles. The molecule has 1 saturated heterocycles. The molecule has 1 heterocycles. The molecule has 1 aliphatic rings. The van der Waals surface area contributed by atoms with Crippen molar-refractivity contribution in [2.24, 2.45) is 5.73 Å². The highest BCUT2D eigenvalue weighted by Gasteiger charge is 2.22. The lowest BCUT2D eigenvalue weighted by Gasteiger charge is -2.29. The predicted octanol–water partition coefficient (Wildman–Crippen LogP) is 1.58. The number of carbonyl (C=O) groups is 1. The predicted molar refractivity (Wildman–Crippen MR) is 75.1 cm³/mol. The van der Waals surface area contributed by atoms with E-state index in [9.17, 15) is 4.79 Å². The molecule has 0 aliphatic carbocycles. The lowest BCUT2D eigenvalue weighted by Crippen LogP contribution is -2.46. The molecule has 0 unspecified atom stereocenters. The van der Waals surface area contributed by atoms with Crippen molar-refractivity contribution in [2.75, 3.05) is 20.2 Å². The highest BCUT2D eigenvalue weighted by atomic mass is 16.5. The van der Waals surface area contributed by atoms with Crippen LogP contribution in [0.1, 0.15) is 24.8 Å². The number of methoxy groups -OCH3 is 1. The lowest BCUT2D eigenvalue weighted by atomic mass is 10.0. The first-order valence-electron chi connectivity index (χ1n) is 6.88. The number of nitrogens with two attached hydrogens (primary N) is 1. The molecule has 1 amide bonds. The van der Waals surface area contributed by atoms with E-state index in [1.807, 2.05) is 29.2 Å². The second-order valence-electron chi connectivity index (χ2n) is 5.04. The van der Waals surface area contributed by atoms with Gasteiger partial charge in [0.1, 0.15) is 5.75 Å². The molecule has 2 rings (SSSR count). The molecule has 4 nitrogen and oxygen atoms in total. The van der Waals surface area contributed by atoms with Gasteiger partial charge in [-0.25, -0.2) is 0 Å². The van der Waals surface area contributed by atoms with Gasteiger partial charge in [0.25, 0.3) is 0 Å². The first kappa shape index (κ1) is 13.9. The van der Waals surface area contributed by atoms with E-state index >= 15 is 0 Å². The summed E-state index contributed by atoms with van der Waals surface area (Å²) in [6.45, 7) is 1.71. The number of nitrogens with zero attached hydrogens (tertiary/aromatic N) is 1. The van der Waals surface area contributed by atoms with Crippen LogP contribution in [0.4, 0.5) is 0 Å². The maximum Gasteiger partial charge on any atom is 0.239 e. The minimum Gasteiger partial charge on any atom is -0.497 e. The van der Waals surface area contributed by atoms with E-state index < -0.39 is 6.04 Å². The molecule has 0 saturated carbocycles. The van der Waals surface area contributed by atoms with E-state index in [4.69, 9.17) is 10.5 Å². The molecule has 4 heteroatoms. The Morgan fingerprint density at radius 2 is 1.89 bits per heavy atom. The highest BCUT2D eigenvalue weighted by molar-refractivity contribution is 5.82. The number of hydrogen-bond donors (Lipinski definition) is 1. The van der Waals surface area contributed by atoms with Gasteiger partial charge in [-0.3, -0.25) is 4.79 Å². The van der Waals surface area contributed by atoms with Crippen molar-refractivity contribution in [1.82, 2.24) is 4.90 Å². The van der Waals surface area contributed by atoms with Crippen LogP contribution >= 0.6 is 0 Å². The number of hydrogen-bond acceptors (Lipinski definition) is 3. The molecule has 1 fully saturated rings. The van der Waals surface area contributed by atoms with Crippen LogP contribution in [0.25, 0.3) is 0 Å². The van der Waals surface area contributed by atoms with Gasteiger partial charge in [-0.15, -0.1) is 0 Å². The summed E-state index contributed by atoms with van der Waals surface area (Å²) in [5.41, 5.74) is 7.10. The molecule has 19 heavy (non-hydrogen) atoms. The SMILES string of the molecule is COc1ccc(C[C@H](N)C(=O)N2CCCCC2)cc1. The number of likely N-dealkylation sites (tertiary alicyclic amines) is 1. The summed E-state index contributed by atoms with van der Waals surface area (Å²) in [5.74, 6) is 0.898. The van der Waals surface area contributed by atoms with E-state index in [1.54, 1.807) is 7.11 Å². The molecule has 1 aromatic rings. The maximum absolute atomic E-state index is 12.2. The van der Waals surface area contributed by atoms with Gasteiger partial charge in [0.15, 0.2) is 0 Å². The van der Waals surface area contributed by atoms with Crippen molar-refractivity contribution in [3.8, 4) is 5.75 Å². The molecule has 1 atom stereocenters. The summed E-state index contributed by atoms with van der Waals surface area (Å²) in [6, 6.07) is 7.28. The highest BCUT2D eigenvalue weighted by Crippen LogP contribution is 2.14. The Labute approximate surface area is 114 Å². The number of amides is 1. The number of benzene rings is 1. The Bertz CT molecular complexity index is 411. The molecule has 0 bridgehead atoms. The Kier molecular flexibility index (Phi) is 4.80. The fraction of sp³-hybridized carbons (Fsp3) is 0.533. The first-order chi connectivity index (χ1) is 9.20. The number of carbonyl (C=O) groups excluding carboxylic acids is 1. The molecular weight excluding hydrogens is 240 g/mol. The molecule has 0 radical (unpaired) electrons. The van der Waals surface area contributed by atoms with Gasteiger partial charge in [0.2, 0.25) is 5.91 Å². The van der Waals surface area contributed by atoms with Crippen LogP contribution in [-0.2, 0) is 11.2 Å². The fourth-order valence-electron chi connectivity index (χ4n) is 2.45. The molecule has 104 valence electrons. The molecular formula is C15H22N2O2. The number of piperidine rings is 1. The van der Waals surface area contributed by atoms with E-state index in [-0.39, 0.29) is 5.91 Å². The molecule has 2 N–H and O–H groups in total. The Balaban J connectivity index is 1.91. The number of rotatable bonds is 4. The van der Waals surface area contributed by atoms with E-state index in [1.165, 1.54) is 6.42 Å². The van der Waals surface area contributed by atoms with E-state index in [0.29, 0.717) is 6.42 Å². The standard InChI is InChI=1S/C15H22N2O2/c1-19-13-7-5-12(6-8-13)11-14(16)15(18)17-9-3-2-4-10-17/h5-8,14H,2-4,9-11,16H2,1H3/t14-/m0/s1. The summed E-state index contributed by atoms with van der Waals surface area (Å²) in [6.07, 6.45) is 4.00. The quantitative estimate of drug-likeness (QED) is 0.896. The summed E-state index contributed by atoms with van der Waals surface area (Å²) in [7, 11) is 1.64. The molecule has 0 spiro atoms. The number of ether oxygens (including phenoxy) is 1. The zero-order valence-electron chi connectivity index (χ0n) is 11.5. The first-order valence-corrected chi connectivity index (χ1v) is 6.88. The third-order valence-electron chi connectivity index (χ3n) is 3.60. The van der Waals surface area contributed by atoms with Gasteiger partial charge in [0, 0.05) is 13.1 Å². The minimum atomic E-state index is -0.438. The molecule has 0 aromatic heterocycles. The largest absolute Gasteiger partial charge is 0.497 e. The van der Waals surface area contributed by atoms with Crippen LogP contribution < -0.4 is 10.5 Å². The third kappa shape index (κ3) is 3.70. The van der Waals surface area contributed by atoms with Gasteiger partial charge in [0.05, 0.1) is 13.2 Å². The normalized spacial score (nSPS) is 17.1. The third-order valence-corrected chi connectivity index (χ3v) is 3.60. The Hall–Kier alpha value is -1.55. The van der Waals surface area contributed by atoms with Crippen LogP contribution in [0, 0.1) is 0 Å². The molecule has 1 aromatic carbocycles. The van der Waals surface area contributed by atoms with Crippen molar-refractivity contribution in [2.45, 2.75) is 31.7 Å². The van der Waals surface area contributed by atoms with Crippen molar-refractivity contribution in [1.29, 1.82) is 0 Å². The van der Waals surface area contributed by atoms with Gasteiger partial charge in [-0.05, 0) is 43.4 Å². The summed E-state index contributed by atoms with van der Waals surface area (Å²) >= 11 is 0. The average molecular weight is 262 g/mol. The summed E-state index contributed by atoms with van der Waals surface area (Å²) in [4.78, 5) is 14.1. The second kappa shape index (κ2) is 6.57. The van der Waals surface area contributed by atoms with E-state index in [2.05, 4.69) is 0 Å². The zero-order chi connectivity index (χ0) is 13.7. The average Bonchev–Trinajstić information content (AvgIpc) is 2.48. The monoisotopic (exact) mass is 262 g/mol. The zero-order valence-corrected chi connectivity index (χ0v) is 11.5. The van der Waals surface area contributed by atoms with Crippen LogP contribution in [0.3, 0.4) is 0 Å². The summed E-state index contributed by atoms with van der Waals surface area (Å²) < 4.78 is 5.11. The van der Waals surface area contributed by atoms with Crippen molar-refractivity contribution >= 4 is 5.91 Å². The van der Waals surface area contributed by atoms with Crippen molar-refractivity contribution < 1.29 is 9.53 Å². The topological polar surface area (TPSA) is 55.6 Å². The Morgan fingerprint density at radius 1 is 1.26 bits per heavy atom. The van der Waals surface area contributed by atoms with Crippen molar-refractivity contribution in [3.05, 3.63) is 29.8 Å². The smallest absolute Gasteiger partial charge is 0.239 e. The van der Waals surface area contributed by atoms with Crippen molar-refractivity contribution in [3.63, 3.8) is 0 Å². The summed E-state index contributed by atoms with van der Waals surface area (Å²) in [5, 5.41) is 0. The van der Waals surface area contributed by atoms with Gasteiger partial charge in [-0.2, -0.15) is 0 Å². The minimum absolute atomic E-state index is 0.0792. The lowest BCUT2D eigenvalue weighted by molar-refractivity contribution is -0.133. The second-order valence-corrected chi connectivity index (χ2v) is 5.04. The van der Waals surface area contributed by atoms with Gasteiger partial charge >= 0.3 is 0 Å². The van der Waals surface area contributed by atoms with E-state index in [0.717, 1.165) is 37.2 Å². The fourth-order valence-corrected chi connectivity index (χ4v) is 2.45. The van der Waals surface area contributed by atoms with Crippen LogP contribution in [0.5, 0.6) is 5.75 Å².